The summed E-state index contributed by atoms with van der Waals surface area (Å²) in [6.45, 7) is 15.9. The van der Waals surface area contributed by atoms with Gasteiger partial charge in [-0.3, -0.25) is 19.3 Å². The first-order chi connectivity index (χ1) is 20.3. The summed E-state index contributed by atoms with van der Waals surface area (Å²) < 4.78 is 12.2. The summed E-state index contributed by atoms with van der Waals surface area (Å²) >= 11 is 3.78. The number of amides is 3. The van der Waals surface area contributed by atoms with Crippen molar-refractivity contribution >= 4 is 33.7 Å². The van der Waals surface area contributed by atoms with E-state index < -0.39 is 29.6 Å². The number of carbonyl (C=O) groups is 3. The fourth-order valence-electron chi connectivity index (χ4n) is 7.31. The van der Waals surface area contributed by atoms with Gasteiger partial charge < -0.3 is 29.3 Å². The largest absolute Gasteiger partial charge is 0.396 e. The van der Waals surface area contributed by atoms with E-state index in [1.165, 1.54) is 0 Å². The van der Waals surface area contributed by atoms with E-state index in [1.807, 2.05) is 6.92 Å². The molecule has 4 heterocycles. The van der Waals surface area contributed by atoms with Crippen molar-refractivity contribution in [3.8, 4) is 0 Å². The maximum atomic E-state index is 14.6. The van der Waals surface area contributed by atoms with Crippen LogP contribution < -0.4 is 0 Å². The molecule has 42 heavy (non-hydrogen) atoms. The molecule has 3 amide bonds. The summed E-state index contributed by atoms with van der Waals surface area (Å²) in [6.07, 6.45) is 7.37. The first-order valence-corrected chi connectivity index (χ1v) is 16.6. The van der Waals surface area contributed by atoms with Gasteiger partial charge in [0.05, 0.1) is 31.2 Å². The Morgan fingerprint density at radius 2 is 1.71 bits per heavy atom. The minimum absolute atomic E-state index is 0.0996. The third-order valence-corrected chi connectivity index (χ3v) is 10.1. The second kappa shape index (κ2) is 15.3. The van der Waals surface area contributed by atoms with Gasteiger partial charge in [-0.05, 0) is 25.7 Å². The Balaban J connectivity index is 1.64. The van der Waals surface area contributed by atoms with Crippen LogP contribution in [0.15, 0.2) is 25.3 Å². The molecule has 1 spiro atoms. The maximum Gasteiger partial charge on any atom is 0.248 e. The average molecular weight is 654 g/mol. The van der Waals surface area contributed by atoms with E-state index in [0.717, 1.165) is 32.4 Å². The van der Waals surface area contributed by atoms with Crippen LogP contribution in [0.25, 0.3) is 0 Å². The average Bonchev–Trinajstić information content (AvgIpc) is 3.58. The number of aliphatic hydroxyl groups is 1. The Morgan fingerprint density at radius 1 is 1.05 bits per heavy atom. The van der Waals surface area contributed by atoms with Gasteiger partial charge >= 0.3 is 0 Å². The number of hydrogen-bond acceptors (Lipinski definition) is 7. The summed E-state index contributed by atoms with van der Waals surface area (Å²) in [5, 5.41) is 9.20. The number of halogens is 1. The molecule has 4 rings (SSSR count). The Bertz CT molecular complexity index is 977. The van der Waals surface area contributed by atoms with Crippen LogP contribution in [0.2, 0.25) is 0 Å². The van der Waals surface area contributed by atoms with Gasteiger partial charge in [0.1, 0.15) is 11.6 Å². The van der Waals surface area contributed by atoms with Crippen LogP contribution in [-0.2, 0) is 23.9 Å². The number of hydrogen-bond donors (Lipinski definition) is 1. The number of ether oxygens (including phenoxy) is 2. The molecule has 4 saturated heterocycles. The molecule has 4 fully saturated rings. The van der Waals surface area contributed by atoms with Crippen molar-refractivity contribution in [2.75, 3.05) is 72.2 Å². The van der Waals surface area contributed by atoms with Crippen LogP contribution in [0.1, 0.15) is 45.4 Å². The van der Waals surface area contributed by atoms with Gasteiger partial charge in [-0.25, -0.2) is 0 Å². The lowest BCUT2D eigenvalue weighted by Crippen LogP contribution is -2.58. The molecule has 0 radical (unpaired) electrons. The lowest BCUT2D eigenvalue weighted by Gasteiger charge is -2.38. The highest BCUT2D eigenvalue weighted by Crippen LogP contribution is 2.60. The number of fused-ring (bicyclic) bond motifs is 1. The summed E-state index contributed by atoms with van der Waals surface area (Å²) in [4.78, 5) is 50.4. The molecule has 0 aliphatic carbocycles. The number of aliphatic hydroxyl groups excluding tert-OH is 1. The van der Waals surface area contributed by atoms with Gasteiger partial charge in [0.15, 0.2) is 0 Å². The van der Waals surface area contributed by atoms with Crippen LogP contribution in [-0.4, -0.2) is 137 Å². The third-order valence-electron chi connectivity index (χ3n) is 9.22. The lowest BCUT2D eigenvalue weighted by molar-refractivity contribution is -0.148. The maximum absolute atomic E-state index is 14.6. The number of unbranched alkanes of at least 4 members (excludes halogenated alkanes) is 3. The quantitative estimate of drug-likeness (QED) is 0.146. The molecule has 4 aliphatic rings. The highest BCUT2D eigenvalue weighted by atomic mass is 79.9. The van der Waals surface area contributed by atoms with E-state index in [2.05, 4.69) is 34.0 Å². The van der Waals surface area contributed by atoms with Gasteiger partial charge in [0, 0.05) is 63.8 Å². The molecule has 4 aliphatic heterocycles. The zero-order chi connectivity index (χ0) is 30.3. The summed E-state index contributed by atoms with van der Waals surface area (Å²) in [7, 11) is 0. The number of alkyl halides is 1. The molecule has 11 heteroatoms. The monoisotopic (exact) mass is 652 g/mol. The fourth-order valence-corrected chi connectivity index (χ4v) is 8.26. The van der Waals surface area contributed by atoms with Crippen LogP contribution in [0.5, 0.6) is 0 Å². The molecule has 0 aromatic rings. The molecule has 236 valence electrons. The van der Waals surface area contributed by atoms with Crippen LogP contribution in [0, 0.1) is 11.8 Å². The fraction of sp³-hybridized carbons (Fsp3) is 0.774. The van der Waals surface area contributed by atoms with E-state index >= 15 is 0 Å². The topological polar surface area (TPSA) is 103 Å². The number of morpholine rings is 1. The van der Waals surface area contributed by atoms with Crippen molar-refractivity contribution in [1.82, 2.24) is 19.6 Å². The van der Waals surface area contributed by atoms with Crippen LogP contribution in [0.3, 0.4) is 0 Å². The van der Waals surface area contributed by atoms with Gasteiger partial charge in [-0.2, -0.15) is 0 Å². The van der Waals surface area contributed by atoms with Gasteiger partial charge in [0.25, 0.3) is 0 Å². The Hall–Kier alpha value is -1.79. The highest BCUT2D eigenvalue weighted by Gasteiger charge is 2.76. The summed E-state index contributed by atoms with van der Waals surface area (Å²) in [5.41, 5.74) is -1.07. The first kappa shape index (κ1) is 33.1. The van der Waals surface area contributed by atoms with E-state index in [4.69, 9.17) is 9.47 Å². The van der Waals surface area contributed by atoms with Crippen molar-refractivity contribution in [2.24, 2.45) is 11.8 Å². The predicted molar refractivity (Wildman–Crippen MR) is 164 cm³/mol. The third kappa shape index (κ3) is 6.65. The number of likely N-dealkylation sites (tertiary alicyclic amines) is 1. The van der Waals surface area contributed by atoms with E-state index in [-0.39, 0.29) is 29.2 Å². The second-order valence-electron chi connectivity index (χ2n) is 11.9. The zero-order valence-electron chi connectivity index (χ0n) is 25.1. The number of rotatable bonds is 17. The van der Waals surface area contributed by atoms with Crippen molar-refractivity contribution < 1.29 is 29.0 Å². The predicted octanol–water partition coefficient (Wildman–Crippen LogP) is 2.06. The normalized spacial score (nSPS) is 30.4. The molecular weight excluding hydrogens is 604 g/mol. The van der Waals surface area contributed by atoms with E-state index in [9.17, 15) is 19.5 Å². The van der Waals surface area contributed by atoms with Gasteiger partial charge in [0.2, 0.25) is 17.7 Å². The standard InChI is InChI=1S/C31H49BrN4O6/c1-4-11-34(12-5-2)28(38)24-25-29(39)36(14-9-7-8-10-19-37)27(31(25)22-23(32)26(24)42-31)30(40)35(13-6-3)16-15-33-17-20-41-21-18-33/h4,6,23-27,37H,1,3,5,7-22H2,2H3/t23?,24-,25+,26-,27?,31?/m1/s1. The first-order valence-electron chi connectivity index (χ1n) is 15.7. The molecule has 0 saturated carbocycles. The summed E-state index contributed by atoms with van der Waals surface area (Å²) in [5.74, 6) is -1.75. The SMILES string of the molecule is C=CCN(CCN1CCOCC1)C(=O)C1N(CCCCCCO)C(=O)[C@@H]2[C@@H](C(=O)N(CC=C)CCC)[C@@H]3OC12CC3Br. The molecule has 0 aromatic heterocycles. The molecule has 0 aromatic carbocycles. The Kier molecular flexibility index (Phi) is 12.0. The molecular formula is C31H49BrN4O6. The number of nitrogens with zero attached hydrogens (tertiary/aromatic N) is 4. The minimum atomic E-state index is -1.07. The Labute approximate surface area is 259 Å². The highest BCUT2D eigenvalue weighted by molar-refractivity contribution is 9.09. The lowest BCUT2D eigenvalue weighted by atomic mass is 9.70. The molecule has 10 nitrogen and oxygen atoms in total. The molecule has 2 bridgehead atoms. The van der Waals surface area contributed by atoms with Crippen LogP contribution >= 0.6 is 15.9 Å². The molecule has 1 N–H and O–H groups in total. The number of carbonyl (C=O) groups excluding carboxylic acids is 3. The van der Waals surface area contributed by atoms with E-state index in [1.54, 1.807) is 26.9 Å². The smallest absolute Gasteiger partial charge is 0.248 e. The second-order valence-corrected chi connectivity index (χ2v) is 13.1. The van der Waals surface area contributed by atoms with Gasteiger partial charge in [-0.15, -0.1) is 13.2 Å². The van der Waals surface area contributed by atoms with Crippen LogP contribution in [0.4, 0.5) is 0 Å². The Morgan fingerprint density at radius 3 is 2.36 bits per heavy atom. The summed E-state index contributed by atoms with van der Waals surface area (Å²) in [6, 6.07) is -0.806. The minimum Gasteiger partial charge on any atom is -0.396 e. The van der Waals surface area contributed by atoms with Gasteiger partial charge in [-0.1, -0.05) is 47.8 Å². The zero-order valence-corrected chi connectivity index (χ0v) is 26.7. The van der Waals surface area contributed by atoms with E-state index in [0.29, 0.717) is 71.7 Å². The van der Waals surface area contributed by atoms with Crippen molar-refractivity contribution in [2.45, 2.75) is 68.0 Å². The molecule has 6 atom stereocenters. The van der Waals surface area contributed by atoms with Crippen molar-refractivity contribution in [3.05, 3.63) is 25.3 Å². The van der Waals surface area contributed by atoms with Crippen molar-refractivity contribution in [3.63, 3.8) is 0 Å². The molecule has 3 unspecified atom stereocenters. The van der Waals surface area contributed by atoms with Crippen molar-refractivity contribution in [1.29, 1.82) is 0 Å².